The first kappa shape index (κ1) is 14.2. The molecule has 2 rings (SSSR count). The van der Waals surface area contributed by atoms with Crippen LogP contribution in [0.5, 0.6) is 5.75 Å². The molecule has 0 saturated heterocycles. The van der Waals surface area contributed by atoms with Gasteiger partial charge in [-0.1, -0.05) is 20.8 Å². The summed E-state index contributed by atoms with van der Waals surface area (Å²) in [6.07, 6.45) is 3.79. The molecule has 0 amide bonds. The number of benzene rings is 1. The average Bonchev–Trinajstić information content (AvgIpc) is 2.28. The molecule has 2 nitrogen and oxygen atoms in total. The Labute approximate surface area is 117 Å². The van der Waals surface area contributed by atoms with Crippen molar-refractivity contribution >= 4 is 5.69 Å². The van der Waals surface area contributed by atoms with Gasteiger partial charge in [-0.05, 0) is 67.7 Å². The Hall–Kier alpha value is -1.18. The summed E-state index contributed by atoms with van der Waals surface area (Å²) >= 11 is 0. The number of aryl methyl sites for hydroxylation is 2. The van der Waals surface area contributed by atoms with E-state index in [4.69, 9.17) is 0 Å². The molecule has 1 aromatic carbocycles. The van der Waals surface area contributed by atoms with Crippen LogP contribution in [0.1, 0.15) is 51.2 Å². The smallest absolute Gasteiger partial charge is 0.118 e. The van der Waals surface area contributed by atoms with E-state index in [9.17, 15) is 5.11 Å². The summed E-state index contributed by atoms with van der Waals surface area (Å²) in [6, 6.07) is 4.47. The van der Waals surface area contributed by atoms with Crippen LogP contribution in [0.3, 0.4) is 0 Å². The summed E-state index contributed by atoms with van der Waals surface area (Å²) in [5.41, 5.74) is 3.72. The number of anilines is 1. The number of aromatic hydroxyl groups is 1. The van der Waals surface area contributed by atoms with Gasteiger partial charge in [-0.25, -0.2) is 0 Å². The van der Waals surface area contributed by atoms with Crippen LogP contribution < -0.4 is 5.32 Å². The first-order chi connectivity index (χ1) is 8.78. The van der Waals surface area contributed by atoms with Gasteiger partial charge >= 0.3 is 0 Å². The fourth-order valence-electron chi connectivity index (χ4n) is 3.32. The van der Waals surface area contributed by atoms with Gasteiger partial charge in [0.05, 0.1) is 0 Å². The van der Waals surface area contributed by atoms with Gasteiger partial charge < -0.3 is 10.4 Å². The summed E-state index contributed by atoms with van der Waals surface area (Å²) in [7, 11) is 0. The lowest BCUT2D eigenvalue weighted by atomic mass is 9.70. The van der Waals surface area contributed by atoms with Crippen LogP contribution in [0.15, 0.2) is 12.1 Å². The molecule has 0 aromatic heterocycles. The third-order valence-electron chi connectivity index (χ3n) is 4.58. The Morgan fingerprint density at radius 1 is 1.21 bits per heavy atom. The molecule has 2 heteroatoms. The molecule has 0 bridgehead atoms. The van der Waals surface area contributed by atoms with Gasteiger partial charge in [0, 0.05) is 11.7 Å². The number of hydrogen-bond acceptors (Lipinski definition) is 2. The highest BCUT2D eigenvalue weighted by molar-refractivity contribution is 5.57. The molecule has 0 radical (unpaired) electrons. The molecule has 2 N–H and O–H groups in total. The van der Waals surface area contributed by atoms with E-state index in [0.29, 0.717) is 23.1 Å². The molecule has 106 valence electrons. The Balaban J connectivity index is 2.12. The highest BCUT2D eigenvalue weighted by atomic mass is 16.3. The van der Waals surface area contributed by atoms with E-state index in [0.717, 1.165) is 11.1 Å². The second kappa shape index (κ2) is 5.07. The van der Waals surface area contributed by atoms with Gasteiger partial charge in [-0.15, -0.1) is 0 Å². The Morgan fingerprint density at radius 3 is 2.53 bits per heavy atom. The van der Waals surface area contributed by atoms with E-state index in [1.165, 1.54) is 24.9 Å². The highest BCUT2D eigenvalue weighted by Gasteiger charge is 2.32. The number of hydrogen-bond donors (Lipinski definition) is 2. The van der Waals surface area contributed by atoms with Crippen LogP contribution in [0.2, 0.25) is 0 Å². The third-order valence-corrected chi connectivity index (χ3v) is 4.58. The monoisotopic (exact) mass is 261 g/mol. The topological polar surface area (TPSA) is 32.3 Å². The van der Waals surface area contributed by atoms with E-state index < -0.39 is 0 Å². The van der Waals surface area contributed by atoms with Crippen LogP contribution in [0, 0.1) is 25.2 Å². The Bertz CT molecular complexity index is 465. The van der Waals surface area contributed by atoms with Crippen molar-refractivity contribution < 1.29 is 5.11 Å². The van der Waals surface area contributed by atoms with Crippen LogP contribution in [0.25, 0.3) is 0 Å². The second-order valence-electron chi connectivity index (χ2n) is 7.09. The maximum Gasteiger partial charge on any atom is 0.118 e. The maximum absolute atomic E-state index is 9.72. The van der Waals surface area contributed by atoms with Crippen LogP contribution in [-0.4, -0.2) is 11.1 Å². The van der Waals surface area contributed by atoms with E-state index in [1.807, 2.05) is 13.0 Å². The van der Waals surface area contributed by atoms with Gasteiger partial charge in [0.25, 0.3) is 0 Å². The molecule has 1 aliphatic rings. The second-order valence-corrected chi connectivity index (χ2v) is 7.09. The van der Waals surface area contributed by atoms with Gasteiger partial charge in [0.2, 0.25) is 0 Å². The van der Waals surface area contributed by atoms with Crippen molar-refractivity contribution in [2.45, 2.75) is 59.9 Å². The van der Waals surface area contributed by atoms with Gasteiger partial charge in [-0.2, -0.15) is 0 Å². The first-order valence-electron chi connectivity index (χ1n) is 7.35. The fourth-order valence-corrected chi connectivity index (χ4v) is 3.32. The zero-order valence-electron chi connectivity index (χ0n) is 12.9. The van der Waals surface area contributed by atoms with Crippen molar-refractivity contribution in [2.75, 3.05) is 5.32 Å². The lowest BCUT2D eigenvalue weighted by Crippen LogP contribution is -2.37. The lowest BCUT2D eigenvalue weighted by Gasteiger charge is -2.40. The van der Waals surface area contributed by atoms with Crippen molar-refractivity contribution in [3.05, 3.63) is 23.3 Å². The predicted octanol–water partition coefficient (Wildman–Crippen LogP) is 4.64. The molecule has 0 aliphatic heterocycles. The molecule has 1 aromatic rings. The molecule has 2 atom stereocenters. The maximum atomic E-state index is 9.72. The molecular formula is C17H27NO. The zero-order valence-corrected chi connectivity index (χ0v) is 12.9. The van der Waals surface area contributed by atoms with Crippen molar-refractivity contribution in [1.82, 2.24) is 0 Å². The number of phenols is 1. The molecular weight excluding hydrogens is 234 g/mol. The van der Waals surface area contributed by atoms with Gasteiger partial charge in [-0.3, -0.25) is 0 Å². The number of phenolic OH excluding ortho intramolecular Hbond substituents is 1. The summed E-state index contributed by atoms with van der Waals surface area (Å²) < 4.78 is 0. The van der Waals surface area contributed by atoms with E-state index in [1.54, 1.807) is 0 Å². The predicted molar refractivity (Wildman–Crippen MR) is 81.8 cm³/mol. The standard InChI is InChI=1S/C17H27NO/c1-11-9-16(19)12(2)8-15(11)18-14-6-7-17(4,5)10-13(14)3/h8-9,13-14,18-19H,6-7,10H2,1-5H3. The summed E-state index contributed by atoms with van der Waals surface area (Å²) in [5.74, 6) is 1.08. The summed E-state index contributed by atoms with van der Waals surface area (Å²) in [5, 5.41) is 13.4. The average molecular weight is 261 g/mol. The molecule has 0 heterocycles. The molecule has 0 spiro atoms. The van der Waals surface area contributed by atoms with E-state index >= 15 is 0 Å². The van der Waals surface area contributed by atoms with Crippen molar-refractivity contribution in [3.63, 3.8) is 0 Å². The van der Waals surface area contributed by atoms with Crippen molar-refractivity contribution in [1.29, 1.82) is 0 Å². The molecule has 2 unspecified atom stereocenters. The SMILES string of the molecule is Cc1cc(NC2CCC(C)(C)CC2C)c(C)cc1O. The van der Waals surface area contributed by atoms with Crippen molar-refractivity contribution in [2.24, 2.45) is 11.3 Å². The summed E-state index contributed by atoms with van der Waals surface area (Å²) in [6.45, 7) is 11.1. The van der Waals surface area contributed by atoms with E-state index in [2.05, 4.69) is 39.1 Å². The van der Waals surface area contributed by atoms with Crippen LogP contribution in [0.4, 0.5) is 5.69 Å². The number of rotatable bonds is 2. The Morgan fingerprint density at radius 2 is 1.89 bits per heavy atom. The van der Waals surface area contributed by atoms with Gasteiger partial charge in [0.1, 0.15) is 5.75 Å². The van der Waals surface area contributed by atoms with Crippen LogP contribution in [-0.2, 0) is 0 Å². The minimum Gasteiger partial charge on any atom is -0.508 e. The van der Waals surface area contributed by atoms with Crippen molar-refractivity contribution in [3.8, 4) is 5.75 Å². The van der Waals surface area contributed by atoms with Crippen LogP contribution >= 0.6 is 0 Å². The zero-order chi connectivity index (χ0) is 14.2. The third kappa shape index (κ3) is 3.23. The minimum absolute atomic E-state index is 0.390. The quantitative estimate of drug-likeness (QED) is 0.760. The fraction of sp³-hybridized carbons (Fsp3) is 0.647. The molecule has 19 heavy (non-hydrogen) atoms. The Kier molecular flexibility index (Phi) is 3.80. The molecule has 1 aliphatic carbocycles. The largest absolute Gasteiger partial charge is 0.508 e. The normalized spacial score (nSPS) is 26.2. The molecule has 1 fully saturated rings. The summed E-state index contributed by atoms with van der Waals surface area (Å²) in [4.78, 5) is 0. The number of nitrogens with one attached hydrogen (secondary N) is 1. The molecule has 1 saturated carbocycles. The lowest BCUT2D eigenvalue weighted by molar-refractivity contribution is 0.177. The highest BCUT2D eigenvalue weighted by Crippen LogP contribution is 2.40. The van der Waals surface area contributed by atoms with Gasteiger partial charge in [0.15, 0.2) is 0 Å². The minimum atomic E-state index is 0.390. The van der Waals surface area contributed by atoms with E-state index in [-0.39, 0.29) is 0 Å². The first-order valence-corrected chi connectivity index (χ1v) is 7.35.